The molecule has 0 aromatic carbocycles. The first-order valence-corrected chi connectivity index (χ1v) is 8.43. The molecule has 0 unspecified atom stereocenters. The molecular weight excluding hydrogens is 294 g/mol. The smallest absolute Gasteiger partial charge is 0.240 e. The van der Waals surface area contributed by atoms with Crippen molar-refractivity contribution in [2.24, 2.45) is 0 Å². The Bertz CT molecular complexity index is 566. The number of pyridine rings is 1. The Morgan fingerprint density at radius 3 is 2.48 bits per heavy atom. The molecule has 3 rings (SSSR count). The Morgan fingerprint density at radius 2 is 1.83 bits per heavy atom. The number of nitrogens with zero attached hydrogens (tertiary/aromatic N) is 2. The molecule has 6 heteroatoms. The minimum atomic E-state index is -0.104. The molecule has 1 aliphatic heterocycles. The highest BCUT2D eigenvalue weighted by Crippen LogP contribution is 2.30. The molecule has 1 saturated carbocycles. The van der Waals surface area contributed by atoms with Crippen LogP contribution >= 0.6 is 0 Å². The minimum Gasteiger partial charge on any atom is -0.379 e. The Hall–Kier alpha value is -1.66. The van der Waals surface area contributed by atoms with Crippen molar-refractivity contribution in [1.82, 2.24) is 14.8 Å². The summed E-state index contributed by atoms with van der Waals surface area (Å²) in [5, 5.41) is 3.28. The molecule has 1 N–H and O–H groups in total. The van der Waals surface area contributed by atoms with Gasteiger partial charge in [-0.15, -0.1) is 0 Å². The van der Waals surface area contributed by atoms with Crippen molar-refractivity contribution in [2.75, 3.05) is 32.8 Å². The molecule has 0 bridgehead atoms. The van der Waals surface area contributed by atoms with Crippen LogP contribution in [0, 0.1) is 0 Å². The van der Waals surface area contributed by atoms with E-state index in [9.17, 15) is 9.59 Å². The van der Waals surface area contributed by atoms with E-state index in [-0.39, 0.29) is 23.4 Å². The lowest BCUT2D eigenvalue weighted by molar-refractivity contribution is -0.124. The quantitative estimate of drug-likeness (QED) is 0.864. The maximum Gasteiger partial charge on any atom is 0.240 e. The van der Waals surface area contributed by atoms with Gasteiger partial charge < -0.3 is 14.6 Å². The fourth-order valence-corrected chi connectivity index (χ4v) is 3.61. The number of nitrogens with one attached hydrogen (secondary N) is 1. The van der Waals surface area contributed by atoms with E-state index in [2.05, 4.69) is 10.2 Å². The van der Waals surface area contributed by atoms with Crippen LogP contribution in [0.15, 0.2) is 29.3 Å². The number of morpholine rings is 1. The largest absolute Gasteiger partial charge is 0.379 e. The summed E-state index contributed by atoms with van der Waals surface area (Å²) < 4.78 is 7.15. The number of aromatic nitrogens is 1. The summed E-state index contributed by atoms with van der Waals surface area (Å²) in [4.78, 5) is 26.0. The molecule has 126 valence electrons. The molecule has 2 heterocycles. The second kappa shape index (κ2) is 7.27. The zero-order valence-corrected chi connectivity index (χ0v) is 13.5. The Kier molecular flexibility index (Phi) is 5.13. The standard InChI is InChI=1S/C17H25N3O3/c21-15-3-7-19(8-4-15)13-16(22)18-17(5-1-2-6-17)14-20-9-11-23-12-10-20/h3-4,7-8H,1-2,5-6,9-14H2,(H,18,22). The van der Waals surface area contributed by atoms with Gasteiger partial charge in [-0.3, -0.25) is 14.5 Å². The van der Waals surface area contributed by atoms with Crippen LogP contribution in [-0.4, -0.2) is 53.8 Å². The van der Waals surface area contributed by atoms with Crippen LogP contribution in [0.5, 0.6) is 0 Å². The molecule has 0 atom stereocenters. The lowest BCUT2D eigenvalue weighted by Gasteiger charge is -2.37. The maximum atomic E-state index is 12.4. The van der Waals surface area contributed by atoms with Gasteiger partial charge in [0, 0.05) is 44.2 Å². The second-order valence-electron chi connectivity index (χ2n) is 6.63. The van der Waals surface area contributed by atoms with Crippen molar-refractivity contribution >= 4 is 5.91 Å². The lowest BCUT2D eigenvalue weighted by atomic mass is 9.96. The zero-order chi connectivity index (χ0) is 16.1. The molecule has 2 aliphatic rings. The number of carbonyl (C=O) groups is 1. The highest BCUT2D eigenvalue weighted by atomic mass is 16.5. The third-order valence-electron chi connectivity index (χ3n) is 4.78. The van der Waals surface area contributed by atoms with Crippen LogP contribution in [0.1, 0.15) is 25.7 Å². The van der Waals surface area contributed by atoms with Gasteiger partial charge in [0.1, 0.15) is 6.54 Å². The van der Waals surface area contributed by atoms with Gasteiger partial charge in [0.2, 0.25) is 5.91 Å². The Balaban J connectivity index is 1.60. The summed E-state index contributed by atoms with van der Waals surface area (Å²) in [7, 11) is 0. The van der Waals surface area contributed by atoms with Gasteiger partial charge in [-0.2, -0.15) is 0 Å². The number of hydrogen-bond acceptors (Lipinski definition) is 4. The van der Waals surface area contributed by atoms with Gasteiger partial charge >= 0.3 is 0 Å². The first-order chi connectivity index (χ1) is 11.2. The lowest BCUT2D eigenvalue weighted by Crippen LogP contribution is -2.56. The fraction of sp³-hybridized carbons (Fsp3) is 0.647. The molecule has 23 heavy (non-hydrogen) atoms. The van der Waals surface area contributed by atoms with Crippen LogP contribution in [0.25, 0.3) is 0 Å². The number of carbonyl (C=O) groups excluding carboxylic acids is 1. The van der Waals surface area contributed by atoms with Crippen molar-refractivity contribution in [2.45, 2.75) is 37.8 Å². The Morgan fingerprint density at radius 1 is 1.17 bits per heavy atom. The Labute approximate surface area is 136 Å². The van der Waals surface area contributed by atoms with Crippen molar-refractivity contribution in [3.05, 3.63) is 34.7 Å². The van der Waals surface area contributed by atoms with Crippen LogP contribution in [0.3, 0.4) is 0 Å². The fourth-order valence-electron chi connectivity index (χ4n) is 3.61. The van der Waals surface area contributed by atoms with E-state index in [1.165, 1.54) is 25.0 Å². The summed E-state index contributed by atoms with van der Waals surface area (Å²) >= 11 is 0. The van der Waals surface area contributed by atoms with Gasteiger partial charge in [0.25, 0.3) is 0 Å². The first kappa shape index (κ1) is 16.2. The molecule has 1 aromatic rings. The molecule has 1 aliphatic carbocycles. The van der Waals surface area contributed by atoms with E-state index >= 15 is 0 Å². The molecule has 0 radical (unpaired) electrons. The number of amides is 1. The maximum absolute atomic E-state index is 12.4. The number of hydrogen-bond donors (Lipinski definition) is 1. The SMILES string of the molecule is O=C(Cn1ccc(=O)cc1)NC1(CN2CCOCC2)CCCC1. The van der Waals surface area contributed by atoms with Crippen molar-refractivity contribution in [1.29, 1.82) is 0 Å². The van der Waals surface area contributed by atoms with Gasteiger partial charge in [-0.25, -0.2) is 0 Å². The second-order valence-corrected chi connectivity index (χ2v) is 6.63. The van der Waals surface area contributed by atoms with Crippen LogP contribution < -0.4 is 10.7 Å². The molecule has 1 aromatic heterocycles. The number of rotatable bonds is 5. The minimum absolute atomic E-state index is 0.0174. The van der Waals surface area contributed by atoms with Gasteiger partial charge in [-0.1, -0.05) is 12.8 Å². The number of ether oxygens (including phenoxy) is 1. The van der Waals surface area contributed by atoms with Gasteiger partial charge in [-0.05, 0) is 12.8 Å². The van der Waals surface area contributed by atoms with E-state index in [0.717, 1.165) is 45.7 Å². The molecule has 2 fully saturated rings. The third-order valence-corrected chi connectivity index (χ3v) is 4.78. The van der Waals surface area contributed by atoms with Gasteiger partial charge in [0.05, 0.1) is 18.8 Å². The van der Waals surface area contributed by atoms with Crippen molar-refractivity contribution in [3.63, 3.8) is 0 Å². The first-order valence-electron chi connectivity index (χ1n) is 8.43. The van der Waals surface area contributed by atoms with E-state index in [4.69, 9.17) is 4.74 Å². The highest BCUT2D eigenvalue weighted by molar-refractivity contribution is 5.76. The van der Waals surface area contributed by atoms with Crippen LogP contribution in [0.4, 0.5) is 0 Å². The molecule has 0 spiro atoms. The normalized spacial score (nSPS) is 21.2. The van der Waals surface area contributed by atoms with Crippen LogP contribution in [0.2, 0.25) is 0 Å². The van der Waals surface area contributed by atoms with Gasteiger partial charge in [0.15, 0.2) is 5.43 Å². The van der Waals surface area contributed by atoms with E-state index in [1.807, 2.05) is 0 Å². The molecule has 6 nitrogen and oxygen atoms in total. The summed E-state index contributed by atoms with van der Waals surface area (Å²) in [5.41, 5.74) is -0.144. The summed E-state index contributed by atoms with van der Waals surface area (Å²) in [6.07, 6.45) is 7.74. The monoisotopic (exact) mass is 319 g/mol. The zero-order valence-electron chi connectivity index (χ0n) is 13.5. The predicted octanol–water partition coefficient (Wildman–Crippen LogP) is 0.609. The van der Waals surface area contributed by atoms with E-state index < -0.39 is 0 Å². The molecular formula is C17H25N3O3. The third kappa shape index (κ3) is 4.42. The summed E-state index contributed by atoms with van der Waals surface area (Å²) in [5.74, 6) is 0.0174. The van der Waals surface area contributed by atoms with Crippen molar-refractivity contribution < 1.29 is 9.53 Å². The molecule has 1 saturated heterocycles. The van der Waals surface area contributed by atoms with Crippen LogP contribution in [-0.2, 0) is 16.1 Å². The average Bonchev–Trinajstić information content (AvgIpc) is 2.98. The highest BCUT2D eigenvalue weighted by Gasteiger charge is 2.37. The van der Waals surface area contributed by atoms with E-state index in [0.29, 0.717) is 0 Å². The van der Waals surface area contributed by atoms with E-state index in [1.54, 1.807) is 17.0 Å². The summed E-state index contributed by atoms with van der Waals surface area (Å²) in [6, 6.07) is 2.96. The summed E-state index contributed by atoms with van der Waals surface area (Å²) in [6.45, 7) is 4.61. The van der Waals surface area contributed by atoms with Crippen molar-refractivity contribution in [3.8, 4) is 0 Å². The average molecular weight is 319 g/mol. The predicted molar refractivity (Wildman–Crippen MR) is 87.3 cm³/mol. The topological polar surface area (TPSA) is 63.6 Å². The molecule has 1 amide bonds.